The predicted octanol–water partition coefficient (Wildman–Crippen LogP) is 2.67. The summed E-state index contributed by atoms with van der Waals surface area (Å²) < 4.78 is 1.87. The van der Waals surface area contributed by atoms with E-state index in [1.165, 1.54) is 4.88 Å². The van der Waals surface area contributed by atoms with Crippen molar-refractivity contribution in [3.05, 3.63) is 27.8 Å². The normalized spacial score (nSPS) is 12.8. The van der Waals surface area contributed by atoms with Crippen LogP contribution < -0.4 is 5.32 Å². The van der Waals surface area contributed by atoms with Gasteiger partial charge >= 0.3 is 0 Å². The molecule has 0 aliphatic rings. The quantitative estimate of drug-likeness (QED) is 0.891. The van der Waals surface area contributed by atoms with Gasteiger partial charge in [-0.3, -0.25) is 4.68 Å². The molecule has 0 amide bonds. The van der Waals surface area contributed by atoms with E-state index in [-0.39, 0.29) is 6.04 Å². The average Bonchev–Trinajstić information content (AvgIpc) is 2.74. The van der Waals surface area contributed by atoms with E-state index < -0.39 is 0 Å². The molecule has 0 aromatic carbocycles. The highest BCUT2D eigenvalue weighted by molar-refractivity contribution is 7.09. The van der Waals surface area contributed by atoms with Gasteiger partial charge in [-0.25, -0.2) is 4.98 Å². The Bertz CT molecular complexity index is 466. The molecule has 0 radical (unpaired) electrons. The van der Waals surface area contributed by atoms with Gasteiger partial charge in [0, 0.05) is 23.7 Å². The van der Waals surface area contributed by atoms with Gasteiger partial charge in [0.05, 0.1) is 17.2 Å². The molecule has 2 rings (SSSR count). The molecule has 0 spiro atoms. The maximum Gasteiger partial charge on any atom is 0.148 e. The lowest BCUT2D eigenvalue weighted by atomic mass is 10.2. The fraction of sp³-hybridized carbons (Fsp3) is 0.455. The lowest BCUT2D eigenvalue weighted by Crippen LogP contribution is -2.07. The number of rotatable bonds is 3. The highest BCUT2D eigenvalue weighted by Crippen LogP contribution is 2.24. The number of anilines is 1. The van der Waals surface area contributed by atoms with Crippen LogP contribution in [0, 0.1) is 13.8 Å². The lowest BCUT2D eigenvalue weighted by Gasteiger charge is -2.11. The Morgan fingerprint density at radius 3 is 2.69 bits per heavy atom. The number of nitrogens with one attached hydrogen (secondary N) is 1. The Balaban J connectivity index is 2.13. The summed E-state index contributed by atoms with van der Waals surface area (Å²) in [7, 11) is 1.95. The first kappa shape index (κ1) is 11.1. The molecule has 4 nitrogen and oxygen atoms in total. The molecule has 0 saturated carbocycles. The van der Waals surface area contributed by atoms with Gasteiger partial charge in [0.2, 0.25) is 0 Å². The van der Waals surface area contributed by atoms with Gasteiger partial charge in [-0.15, -0.1) is 11.3 Å². The van der Waals surface area contributed by atoms with Gasteiger partial charge in [-0.1, -0.05) is 0 Å². The number of thiazole rings is 1. The maximum atomic E-state index is 4.38. The van der Waals surface area contributed by atoms with Crippen molar-refractivity contribution in [3.63, 3.8) is 0 Å². The van der Waals surface area contributed by atoms with Gasteiger partial charge in [0.25, 0.3) is 0 Å². The van der Waals surface area contributed by atoms with Crippen LogP contribution in [0.25, 0.3) is 0 Å². The summed E-state index contributed by atoms with van der Waals surface area (Å²) >= 11 is 1.68. The van der Waals surface area contributed by atoms with Crippen molar-refractivity contribution in [2.45, 2.75) is 26.8 Å². The maximum absolute atomic E-state index is 4.38. The first-order chi connectivity index (χ1) is 7.58. The standard InChI is InChI=1S/C11H16N4S/c1-7-5-10(14-15(7)4)13-9(3)11-8(2)12-6-16-11/h5-6,9H,1-4H3,(H,13,14). The average molecular weight is 236 g/mol. The minimum absolute atomic E-state index is 0.252. The molecular weight excluding hydrogens is 220 g/mol. The van der Waals surface area contributed by atoms with Crippen LogP contribution in [0.4, 0.5) is 5.82 Å². The first-order valence-corrected chi connectivity index (χ1v) is 6.13. The molecule has 0 fully saturated rings. The largest absolute Gasteiger partial charge is 0.361 e. The third-order valence-corrected chi connectivity index (χ3v) is 3.77. The van der Waals surface area contributed by atoms with Gasteiger partial charge < -0.3 is 5.32 Å². The van der Waals surface area contributed by atoms with Crippen LogP contribution in [0.15, 0.2) is 11.6 Å². The van der Waals surface area contributed by atoms with E-state index in [1.54, 1.807) is 11.3 Å². The van der Waals surface area contributed by atoms with Crippen LogP contribution in [0.5, 0.6) is 0 Å². The van der Waals surface area contributed by atoms with E-state index in [0.717, 1.165) is 17.2 Å². The fourth-order valence-electron chi connectivity index (χ4n) is 1.65. The minimum Gasteiger partial charge on any atom is -0.361 e. The number of nitrogens with zero attached hydrogens (tertiary/aromatic N) is 3. The molecule has 0 bridgehead atoms. The van der Waals surface area contributed by atoms with Crippen LogP contribution in [-0.4, -0.2) is 14.8 Å². The molecule has 5 heteroatoms. The molecule has 1 N–H and O–H groups in total. The van der Waals surface area contributed by atoms with E-state index in [4.69, 9.17) is 0 Å². The molecule has 2 aromatic rings. The SMILES string of the molecule is Cc1ncsc1C(C)Nc1cc(C)n(C)n1. The Morgan fingerprint density at radius 1 is 1.44 bits per heavy atom. The molecule has 1 unspecified atom stereocenters. The summed E-state index contributed by atoms with van der Waals surface area (Å²) in [6.07, 6.45) is 0. The molecule has 2 heterocycles. The zero-order chi connectivity index (χ0) is 11.7. The second kappa shape index (κ2) is 4.25. The molecule has 2 aromatic heterocycles. The lowest BCUT2D eigenvalue weighted by molar-refractivity contribution is 0.736. The van der Waals surface area contributed by atoms with Crippen LogP contribution in [0.2, 0.25) is 0 Å². The molecule has 0 aliphatic heterocycles. The fourth-order valence-corrected chi connectivity index (χ4v) is 2.46. The molecule has 16 heavy (non-hydrogen) atoms. The van der Waals surface area contributed by atoms with Crippen molar-refractivity contribution < 1.29 is 0 Å². The van der Waals surface area contributed by atoms with Gasteiger partial charge in [0.1, 0.15) is 5.82 Å². The van der Waals surface area contributed by atoms with Crippen molar-refractivity contribution in [1.29, 1.82) is 0 Å². The molecule has 86 valence electrons. The third-order valence-electron chi connectivity index (χ3n) is 2.65. The molecule has 0 aliphatic carbocycles. The van der Waals surface area contributed by atoms with E-state index >= 15 is 0 Å². The molecular formula is C11H16N4S. The number of aryl methyl sites for hydroxylation is 3. The Morgan fingerprint density at radius 2 is 2.19 bits per heavy atom. The van der Waals surface area contributed by atoms with Crippen LogP contribution >= 0.6 is 11.3 Å². The van der Waals surface area contributed by atoms with E-state index in [1.807, 2.05) is 37.2 Å². The van der Waals surface area contributed by atoms with Crippen molar-refractivity contribution >= 4 is 17.2 Å². The van der Waals surface area contributed by atoms with Crippen molar-refractivity contribution in [2.75, 3.05) is 5.32 Å². The smallest absolute Gasteiger partial charge is 0.148 e. The summed E-state index contributed by atoms with van der Waals surface area (Å²) in [6.45, 7) is 6.21. The Labute approximate surface area is 99.3 Å². The van der Waals surface area contributed by atoms with Crippen molar-refractivity contribution in [1.82, 2.24) is 14.8 Å². The number of aromatic nitrogens is 3. The second-order valence-corrected chi connectivity index (χ2v) is 4.85. The van der Waals surface area contributed by atoms with Gasteiger partial charge in [-0.05, 0) is 20.8 Å². The number of hydrogen-bond donors (Lipinski definition) is 1. The Kier molecular flexibility index (Phi) is 2.96. The monoisotopic (exact) mass is 236 g/mol. The highest BCUT2D eigenvalue weighted by atomic mass is 32.1. The summed E-state index contributed by atoms with van der Waals surface area (Å²) in [5.41, 5.74) is 4.13. The zero-order valence-electron chi connectivity index (χ0n) is 9.98. The molecule has 1 atom stereocenters. The summed E-state index contributed by atoms with van der Waals surface area (Å²) in [6, 6.07) is 2.30. The van der Waals surface area contributed by atoms with E-state index in [0.29, 0.717) is 0 Å². The predicted molar refractivity (Wildman–Crippen MR) is 66.8 cm³/mol. The highest BCUT2D eigenvalue weighted by Gasteiger charge is 2.12. The molecule has 0 saturated heterocycles. The summed E-state index contributed by atoms with van der Waals surface area (Å²) in [5, 5.41) is 7.76. The van der Waals surface area contributed by atoms with Crippen LogP contribution in [-0.2, 0) is 7.05 Å². The van der Waals surface area contributed by atoms with Crippen LogP contribution in [0.3, 0.4) is 0 Å². The van der Waals surface area contributed by atoms with Crippen molar-refractivity contribution in [2.24, 2.45) is 7.05 Å². The topological polar surface area (TPSA) is 42.7 Å². The second-order valence-electron chi connectivity index (χ2n) is 3.96. The van der Waals surface area contributed by atoms with Gasteiger partial charge in [-0.2, -0.15) is 5.10 Å². The minimum atomic E-state index is 0.252. The van der Waals surface area contributed by atoms with E-state index in [2.05, 4.69) is 22.3 Å². The third kappa shape index (κ3) is 2.09. The number of hydrogen-bond acceptors (Lipinski definition) is 4. The Hall–Kier alpha value is -1.36. The summed E-state index contributed by atoms with van der Waals surface area (Å²) in [4.78, 5) is 5.52. The summed E-state index contributed by atoms with van der Waals surface area (Å²) in [5.74, 6) is 0.917. The first-order valence-electron chi connectivity index (χ1n) is 5.25. The zero-order valence-corrected chi connectivity index (χ0v) is 10.8. The van der Waals surface area contributed by atoms with Crippen molar-refractivity contribution in [3.8, 4) is 0 Å². The van der Waals surface area contributed by atoms with E-state index in [9.17, 15) is 0 Å². The van der Waals surface area contributed by atoms with Gasteiger partial charge in [0.15, 0.2) is 0 Å². The van der Waals surface area contributed by atoms with Crippen LogP contribution in [0.1, 0.15) is 29.2 Å².